The van der Waals surface area contributed by atoms with Crippen LogP contribution in [-0.4, -0.2) is 10.2 Å². The molecule has 0 unspecified atom stereocenters. The lowest BCUT2D eigenvalue weighted by Crippen LogP contribution is -1.81. The lowest BCUT2D eigenvalue weighted by atomic mass is 10.3. The Morgan fingerprint density at radius 2 is 2.18 bits per heavy atom. The van der Waals surface area contributed by atoms with Gasteiger partial charge in [0, 0.05) is 6.42 Å². The number of hydrogen-bond donors (Lipinski definition) is 0. The molecule has 0 fully saturated rings. The number of halogens is 2. The average Bonchev–Trinajstić information content (AvgIpc) is 2.37. The summed E-state index contributed by atoms with van der Waals surface area (Å²) in [6.07, 6.45) is -1.29. The van der Waals surface area contributed by atoms with Crippen LogP contribution in [0.2, 0.25) is 0 Å². The summed E-state index contributed by atoms with van der Waals surface area (Å²) in [5.74, 6) is -0.309. The topological polar surface area (TPSA) is 38.9 Å². The van der Waals surface area contributed by atoms with Crippen molar-refractivity contribution < 1.29 is 13.2 Å². The second-order valence-electron chi connectivity index (χ2n) is 2.08. The molecule has 0 saturated carbocycles. The summed E-state index contributed by atoms with van der Waals surface area (Å²) in [5.41, 5.74) is 0. The Hall–Kier alpha value is -1.00. The first-order chi connectivity index (χ1) is 5.24. The number of aromatic nitrogens is 2. The third-order valence-electron chi connectivity index (χ3n) is 1.13. The quantitative estimate of drug-likeness (QED) is 0.681. The molecule has 1 heterocycles. The van der Waals surface area contributed by atoms with Crippen LogP contribution >= 0.6 is 0 Å². The van der Waals surface area contributed by atoms with Crippen LogP contribution in [0.1, 0.15) is 31.6 Å². The van der Waals surface area contributed by atoms with Crippen molar-refractivity contribution in [2.24, 2.45) is 0 Å². The number of aryl methyl sites for hydroxylation is 1. The molecule has 0 spiro atoms. The van der Waals surface area contributed by atoms with E-state index in [9.17, 15) is 8.78 Å². The number of nitrogens with zero attached hydrogens (tertiary/aromatic N) is 2. The molecular formula is C6H8F2N2O. The summed E-state index contributed by atoms with van der Waals surface area (Å²) in [5, 5.41) is 6.60. The van der Waals surface area contributed by atoms with Gasteiger partial charge in [0.1, 0.15) is 0 Å². The van der Waals surface area contributed by atoms with Gasteiger partial charge in [-0.2, -0.15) is 8.78 Å². The van der Waals surface area contributed by atoms with Gasteiger partial charge >= 0.3 is 6.43 Å². The first-order valence-corrected chi connectivity index (χ1v) is 3.34. The molecule has 0 aromatic carbocycles. The van der Waals surface area contributed by atoms with E-state index in [4.69, 9.17) is 0 Å². The van der Waals surface area contributed by atoms with Gasteiger partial charge in [-0.3, -0.25) is 0 Å². The standard InChI is InChI=1S/C6H8F2N2O/c1-2-3-4-9-10-6(11-4)5(7)8/h5H,2-3H2,1H3. The molecule has 3 nitrogen and oxygen atoms in total. The monoisotopic (exact) mass is 162 g/mol. The molecule has 1 aromatic heterocycles. The average molecular weight is 162 g/mol. The fraction of sp³-hybridized carbons (Fsp3) is 0.667. The predicted molar refractivity (Wildman–Crippen MR) is 33.2 cm³/mol. The molecule has 0 saturated heterocycles. The van der Waals surface area contributed by atoms with Crippen LogP contribution in [0, 0.1) is 0 Å². The molecule has 0 aliphatic rings. The Kier molecular flexibility index (Phi) is 2.51. The van der Waals surface area contributed by atoms with Crippen LogP contribution in [0.3, 0.4) is 0 Å². The molecule has 5 heteroatoms. The van der Waals surface area contributed by atoms with E-state index in [0.29, 0.717) is 6.42 Å². The minimum Gasteiger partial charge on any atom is -0.420 e. The number of hydrogen-bond acceptors (Lipinski definition) is 3. The van der Waals surface area contributed by atoms with Crippen molar-refractivity contribution in [1.29, 1.82) is 0 Å². The Morgan fingerprint density at radius 1 is 1.45 bits per heavy atom. The van der Waals surface area contributed by atoms with E-state index in [0.717, 1.165) is 6.42 Å². The maximum absolute atomic E-state index is 11.8. The molecule has 0 aliphatic carbocycles. The molecule has 0 atom stereocenters. The highest BCUT2D eigenvalue weighted by Gasteiger charge is 2.14. The fourth-order valence-electron chi connectivity index (χ4n) is 0.670. The SMILES string of the molecule is CCCc1nnc(C(F)F)o1. The first-order valence-electron chi connectivity index (χ1n) is 3.34. The Labute approximate surface area is 62.4 Å². The Bertz CT molecular complexity index is 224. The van der Waals surface area contributed by atoms with Gasteiger partial charge in [0.05, 0.1) is 0 Å². The second-order valence-corrected chi connectivity index (χ2v) is 2.08. The lowest BCUT2D eigenvalue weighted by Gasteiger charge is -1.87. The zero-order valence-corrected chi connectivity index (χ0v) is 6.05. The summed E-state index contributed by atoms with van der Waals surface area (Å²) in [6.45, 7) is 1.91. The third-order valence-corrected chi connectivity index (χ3v) is 1.13. The van der Waals surface area contributed by atoms with E-state index < -0.39 is 12.3 Å². The molecular weight excluding hydrogens is 154 g/mol. The van der Waals surface area contributed by atoms with E-state index in [1.807, 2.05) is 6.92 Å². The predicted octanol–water partition coefficient (Wildman–Crippen LogP) is 1.96. The smallest absolute Gasteiger partial charge is 0.314 e. The highest BCUT2D eigenvalue weighted by Crippen LogP contribution is 2.16. The molecule has 62 valence electrons. The summed E-state index contributed by atoms with van der Waals surface area (Å²) >= 11 is 0. The molecule has 1 aromatic rings. The summed E-state index contributed by atoms with van der Waals surface area (Å²) in [4.78, 5) is 0. The maximum atomic E-state index is 11.8. The summed E-state index contributed by atoms with van der Waals surface area (Å²) in [7, 11) is 0. The summed E-state index contributed by atoms with van der Waals surface area (Å²) < 4.78 is 28.3. The minimum absolute atomic E-state index is 0.280. The van der Waals surface area contributed by atoms with Crippen LogP contribution in [-0.2, 0) is 6.42 Å². The lowest BCUT2D eigenvalue weighted by molar-refractivity contribution is 0.113. The largest absolute Gasteiger partial charge is 0.420 e. The molecule has 0 amide bonds. The van der Waals surface area contributed by atoms with E-state index in [1.54, 1.807) is 0 Å². The van der Waals surface area contributed by atoms with Crippen molar-refractivity contribution in [2.75, 3.05) is 0 Å². The van der Waals surface area contributed by atoms with Crippen molar-refractivity contribution in [3.8, 4) is 0 Å². The van der Waals surface area contributed by atoms with Crippen LogP contribution in [0.25, 0.3) is 0 Å². The third kappa shape index (κ3) is 1.96. The van der Waals surface area contributed by atoms with Crippen LogP contribution in [0.15, 0.2) is 4.42 Å². The molecule has 0 radical (unpaired) electrons. The van der Waals surface area contributed by atoms with Crippen molar-refractivity contribution in [3.63, 3.8) is 0 Å². The summed E-state index contributed by atoms with van der Waals surface area (Å²) in [6, 6.07) is 0. The maximum Gasteiger partial charge on any atom is 0.314 e. The van der Waals surface area contributed by atoms with Gasteiger partial charge in [0.15, 0.2) is 0 Å². The van der Waals surface area contributed by atoms with E-state index in [-0.39, 0.29) is 5.89 Å². The zero-order chi connectivity index (χ0) is 8.27. The Morgan fingerprint density at radius 3 is 2.64 bits per heavy atom. The van der Waals surface area contributed by atoms with Crippen molar-refractivity contribution in [3.05, 3.63) is 11.8 Å². The van der Waals surface area contributed by atoms with Gasteiger partial charge in [-0.05, 0) is 6.42 Å². The normalized spacial score (nSPS) is 10.9. The second kappa shape index (κ2) is 3.41. The van der Waals surface area contributed by atoms with Crippen LogP contribution in [0.5, 0.6) is 0 Å². The zero-order valence-electron chi connectivity index (χ0n) is 6.05. The molecule has 0 N–H and O–H groups in total. The van der Waals surface area contributed by atoms with Crippen LogP contribution in [0.4, 0.5) is 8.78 Å². The van der Waals surface area contributed by atoms with Gasteiger partial charge in [0.25, 0.3) is 5.89 Å². The van der Waals surface area contributed by atoms with Crippen LogP contribution < -0.4 is 0 Å². The number of rotatable bonds is 3. The van der Waals surface area contributed by atoms with Gasteiger partial charge < -0.3 is 4.42 Å². The highest BCUT2D eigenvalue weighted by molar-refractivity contribution is 4.82. The van der Waals surface area contributed by atoms with E-state index in [2.05, 4.69) is 14.6 Å². The van der Waals surface area contributed by atoms with E-state index in [1.165, 1.54) is 0 Å². The fourth-order valence-corrected chi connectivity index (χ4v) is 0.670. The van der Waals surface area contributed by atoms with Gasteiger partial charge in [-0.25, -0.2) is 0 Å². The molecule has 0 aliphatic heterocycles. The Balaban J connectivity index is 2.66. The highest BCUT2D eigenvalue weighted by atomic mass is 19.3. The van der Waals surface area contributed by atoms with Crippen molar-refractivity contribution in [2.45, 2.75) is 26.2 Å². The van der Waals surface area contributed by atoms with Crippen molar-refractivity contribution in [1.82, 2.24) is 10.2 Å². The molecule has 0 bridgehead atoms. The number of alkyl halides is 2. The van der Waals surface area contributed by atoms with E-state index >= 15 is 0 Å². The molecule has 11 heavy (non-hydrogen) atoms. The molecule has 1 rings (SSSR count). The van der Waals surface area contributed by atoms with Crippen molar-refractivity contribution >= 4 is 0 Å². The minimum atomic E-state index is -2.66. The van der Waals surface area contributed by atoms with Gasteiger partial charge in [-0.1, -0.05) is 6.92 Å². The van der Waals surface area contributed by atoms with Gasteiger partial charge in [0.2, 0.25) is 5.89 Å². The van der Waals surface area contributed by atoms with Gasteiger partial charge in [-0.15, -0.1) is 10.2 Å². The first kappa shape index (κ1) is 8.10.